The van der Waals surface area contributed by atoms with E-state index in [0.717, 1.165) is 5.56 Å². The molecule has 0 fully saturated rings. The smallest absolute Gasteiger partial charge is 0.287 e. The lowest BCUT2D eigenvalue weighted by atomic mass is 9.92. The van der Waals surface area contributed by atoms with Crippen LogP contribution in [0.15, 0.2) is 48.5 Å². The van der Waals surface area contributed by atoms with Crippen LogP contribution in [0.25, 0.3) is 0 Å². The molecule has 1 atom stereocenters. The monoisotopic (exact) mass is 311 g/mol. The fourth-order valence-corrected chi connectivity index (χ4v) is 2.29. The molecule has 2 rings (SSSR count). The number of benzene rings is 2. The van der Waals surface area contributed by atoms with Crippen LogP contribution in [0.1, 0.15) is 24.5 Å². The number of nitriles is 1. The molecule has 2 aromatic carbocycles. The molecule has 2 N–H and O–H groups in total. The molecule has 0 aliphatic heterocycles. The predicted octanol–water partition coefficient (Wildman–Crippen LogP) is 3.18. The number of hydrogen-bond donors (Lipinski definition) is 2. The minimum Gasteiger partial charge on any atom is -0.385 e. The zero-order valence-corrected chi connectivity index (χ0v) is 12.7. The molecule has 0 heterocycles. The van der Waals surface area contributed by atoms with Crippen molar-refractivity contribution in [2.24, 2.45) is 0 Å². The highest BCUT2D eigenvalue weighted by Gasteiger charge is 2.22. The van der Waals surface area contributed by atoms with Crippen molar-refractivity contribution in [3.05, 3.63) is 69.8 Å². The van der Waals surface area contributed by atoms with Gasteiger partial charge in [0.25, 0.3) is 5.69 Å². The molecule has 0 radical (unpaired) electrons. The van der Waals surface area contributed by atoms with Gasteiger partial charge in [0.05, 0.1) is 10.5 Å². The summed E-state index contributed by atoms with van der Waals surface area (Å²) in [5, 5.41) is 33.3. The number of nitrogens with zero attached hydrogens (tertiary/aromatic N) is 2. The van der Waals surface area contributed by atoms with Crippen LogP contribution in [0.4, 0.5) is 11.4 Å². The van der Waals surface area contributed by atoms with Crippen LogP contribution in [0.5, 0.6) is 0 Å². The number of nitro benzene ring substituents is 1. The van der Waals surface area contributed by atoms with E-state index in [9.17, 15) is 15.2 Å². The number of nitro groups is 1. The van der Waals surface area contributed by atoms with Gasteiger partial charge in [0.1, 0.15) is 11.6 Å². The molecule has 0 aromatic heterocycles. The van der Waals surface area contributed by atoms with Gasteiger partial charge in [0.15, 0.2) is 0 Å². The highest BCUT2D eigenvalue weighted by Crippen LogP contribution is 2.25. The van der Waals surface area contributed by atoms with Gasteiger partial charge in [-0.3, -0.25) is 10.1 Å². The third-order valence-corrected chi connectivity index (χ3v) is 3.65. The van der Waals surface area contributed by atoms with Crippen molar-refractivity contribution < 1.29 is 10.0 Å². The Balaban J connectivity index is 2.02. The number of hydrogen-bond acceptors (Lipinski definition) is 5. The first kappa shape index (κ1) is 16.5. The van der Waals surface area contributed by atoms with Crippen molar-refractivity contribution in [2.45, 2.75) is 18.9 Å². The van der Waals surface area contributed by atoms with Gasteiger partial charge in [-0.25, -0.2) is 0 Å². The molecule has 0 spiro atoms. The van der Waals surface area contributed by atoms with E-state index in [2.05, 4.69) is 5.32 Å². The minimum absolute atomic E-state index is 0.00909. The Labute approximate surface area is 134 Å². The predicted molar refractivity (Wildman–Crippen MR) is 86.9 cm³/mol. The Morgan fingerprint density at radius 1 is 1.30 bits per heavy atom. The standard InChI is InChI=1S/C17H17N3O3/c1-17(21,14-5-3-2-4-6-14)9-10-19-15-7-8-16(20(22)23)13(11-15)12-18/h2-8,11,19,21H,9-10H2,1H3. The van der Waals surface area contributed by atoms with Crippen LogP contribution in [0.3, 0.4) is 0 Å². The zero-order chi connectivity index (χ0) is 16.9. The summed E-state index contributed by atoms with van der Waals surface area (Å²) in [5.41, 5.74) is 0.246. The molecule has 0 saturated carbocycles. The number of aliphatic hydroxyl groups is 1. The summed E-state index contributed by atoms with van der Waals surface area (Å²) < 4.78 is 0. The van der Waals surface area contributed by atoms with Gasteiger partial charge < -0.3 is 10.4 Å². The van der Waals surface area contributed by atoms with Crippen molar-refractivity contribution in [1.82, 2.24) is 0 Å². The molecule has 1 unspecified atom stereocenters. The molecular weight excluding hydrogens is 294 g/mol. The molecule has 118 valence electrons. The van der Waals surface area contributed by atoms with Gasteiger partial charge in [-0.15, -0.1) is 0 Å². The van der Waals surface area contributed by atoms with Crippen LogP contribution in [-0.2, 0) is 5.60 Å². The van der Waals surface area contributed by atoms with Crippen molar-refractivity contribution in [1.29, 1.82) is 5.26 Å². The second-order valence-electron chi connectivity index (χ2n) is 5.42. The van der Waals surface area contributed by atoms with Crippen molar-refractivity contribution in [3.63, 3.8) is 0 Å². The largest absolute Gasteiger partial charge is 0.385 e. The van der Waals surface area contributed by atoms with E-state index in [0.29, 0.717) is 18.7 Å². The number of anilines is 1. The van der Waals surface area contributed by atoms with Crippen molar-refractivity contribution >= 4 is 11.4 Å². The Hall–Kier alpha value is -2.91. The maximum absolute atomic E-state index is 10.8. The first-order valence-electron chi connectivity index (χ1n) is 7.14. The second kappa shape index (κ2) is 6.90. The summed E-state index contributed by atoms with van der Waals surface area (Å²) in [6, 6.07) is 15.5. The first-order chi connectivity index (χ1) is 10.9. The molecule has 0 bridgehead atoms. The summed E-state index contributed by atoms with van der Waals surface area (Å²) >= 11 is 0. The van der Waals surface area contributed by atoms with Crippen LogP contribution in [-0.4, -0.2) is 16.6 Å². The average molecular weight is 311 g/mol. The molecule has 0 aliphatic rings. The lowest BCUT2D eigenvalue weighted by molar-refractivity contribution is -0.385. The van der Waals surface area contributed by atoms with Gasteiger partial charge in [-0.05, 0) is 31.0 Å². The first-order valence-corrected chi connectivity index (χ1v) is 7.14. The zero-order valence-electron chi connectivity index (χ0n) is 12.7. The Bertz CT molecular complexity index is 736. The minimum atomic E-state index is -0.979. The van der Waals surface area contributed by atoms with E-state index in [4.69, 9.17) is 5.26 Å². The molecule has 23 heavy (non-hydrogen) atoms. The lowest BCUT2D eigenvalue weighted by Gasteiger charge is -2.24. The van der Waals surface area contributed by atoms with Crippen LogP contribution < -0.4 is 5.32 Å². The van der Waals surface area contributed by atoms with Gasteiger partial charge in [0, 0.05) is 18.3 Å². The van der Waals surface area contributed by atoms with Crippen LogP contribution in [0.2, 0.25) is 0 Å². The van der Waals surface area contributed by atoms with E-state index in [1.54, 1.807) is 13.0 Å². The number of nitrogens with one attached hydrogen (secondary N) is 1. The Morgan fingerprint density at radius 2 is 2.00 bits per heavy atom. The Morgan fingerprint density at radius 3 is 2.61 bits per heavy atom. The lowest BCUT2D eigenvalue weighted by Crippen LogP contribution is -2.24. The summed E-state index contributed by atoms with van der Waals surface area (Å²) in [4.78, 5) is 10.2. The third-order valence-electron chi connectivity index (χ3n) is 3.65. The summed E-state index contributed by atoms with van der Waals surface area (Å²) in [5.74, 6) is 0. The maximum Gasteiger partial charge on any atom is 0.287 e. The summed E-state index contributed by atoms with van der Waals surface area (Å²) in [6.07, 6.45) is 0.454. The SMILES string of the molecule is CC(O)(CCNc1ccc([N+](=O)[O-])c(C#N)c1)c1ccccc1. The van der Waals surface area contributed by atoms with Crippen LogP contribution >= 0.6 is 0 Å². The average Bonchev–Trinajstić information content (AvgIpc) is 2.55. The molecule has 0 amide bonds. The maximum atomic E-state index is 10.8. The Kier molecular flexibility index (Phi) is 4.94. The highest BCUT2D eigenvalue weighted by molar-refractivity contribution is 5.58. The van der Waals surface area contributed by atoms with E-state index >= 15 is 0 Å². The molecular formula is C17H17N3O3. The second-order valence-corrected chi connectivity index (χ2v) is 5.42. The number of rotatable bonds is 6. The summed E-state index contributed by atoms with van der Waals surface area (Å²) in [6.45, 7) is 2.20. The molecule has 0 saturated heterocycles. The fraction of sp³-hybridized carbons (Fsp3) is 0.235. The highest BCUT2D eigenvalue weighted by atomic mass is 16.6. The van der Waals surface area contributed by atoms with Crippen LogP contribution in [0, 0.1) is 21.4 Å². The van der Waals surface area contributed by atoms with Crippen molar-refractivity contribution in [3.8, 4) is 6.07 Å². The molecule has 0 aliphatic carbocycles. The summed E-state index contributed by atoms with van der Waals surface area (Å²) in [7, 11) is 0. The van der Waals surface area contributed by atoms with E-state index in [1.807, 2.05) is 36.4 Å². The molecule has 6 nitrogen and oxygen atoms in total. The third kappa shape index (κ3) is 4.05. The van der Waals surface area contributed by atoms with E-state index in [1.165, 1.54) is 12.1 Å². The molecule has 6 heteroatoms. The van der Waals surface area contributed by atoms with Gasteiger partial charge >= 0.3 is 0 Å². The van der Waals surface area contributed by atoms with E-state index in [-0.39, 0.29) is 11.3 Å². The van der Waals surface area contributed by atoms with Gasteiger partial charge in [0.2, 0.25) is 0 Å². The molecule has 2 aromatic rings. The van der Waals surface area contributed by atoms with Gasteiger partial charge in [-0.1, -0.05) is 30.3 Å². The van der Waals surface area contributed by atoms with E-state index < -0.39 is 10.5 Å². The van der Waals surface area contributed by atoms with Gasteiger partial charge in [-0.2, -0.15) is 5.26 Å². The topological polar surface area (TPSA) is 99.2 Å². The fourth-order valence-electron chi connectivity index (χ4n) is 2.29. The normalized spacial score (nSPS) is 12.9. The quantitative estimate of drug-likeness (QED) is 0.630. The van der Waals surface area contributed by atoms with Crippen molar-refractivity contribution in [2.75, 3.05) is 11.9 Å².